The van der Waals surface area contributed by atoms with Gasteiger partial charge in [0.15, 0.2) is 0 Å². The zero-order valence-corrected chi connectivity index (χ0v) is 12.6. The molecule has 1 atom stereocenters. The average molecular weight is 324 g/mol. The molecule has 8 heteroatoms. The Morgan fingerprint density at radius 2 is 2.27 bits per heavy atom. The van der Waals surface area contributed by atoms with E-state index in [2.05, 4.69) is 4.72 Å². The summed E-state index contributed by atoms with van der Waals surface area (Å²) in [4.78, 5) is 11.0. The first-order valence-corrected chi connectivity index (χ1v) is 8.15. The Bertz CT molecular complexity index is 702. The number of sulfonamides is 1. The zero-order valence-electron chi connectivity index (χ0n) is 11.8. The van der Waals surface area contributed by atoms with E-state index in [1.54, 1.807) is 12.1 Å². The Hall–Kier alpha value is -1.95. The maximum atomic E-state index is 12.5. The van der Waals surface area contributed by atoms with Gasteiger partial charge in [0, 0.05) is 6.61 Å². The van der Waals surface area contributed by atoms with Crippen molar-refractivity contribution in [2.45, 2.75) is 29.7 Å². The third-order valence-corrected chi connectivity index (χ3v) is 5.01. The Balaban J connectivity index is 2.28. The number of nitrogens with one attached hydrogen (secondary N) is 1. The summed E-state index contributed by atoms with van der Waals surface area (Å²) in [6.07, 6.45) is 0.0628. The van der Waals surface area contributed by atoms with E-state index < -0.39 is 21.5 Å². The lowest BCUT2D eigenvalue weighted by Gasteiger charge is -2.26. The number of hydrogen-bond acceptors (Lipinski definition) is 5. The molecule has 0 amide bonds. The summed E-state index contributed by atoms with van der Waals surface area (Å²) in [7, 11) is -3.89. The highest BCUT2D eigenvalue weighted by Gasteiger charge is 2.41. The third-order valence-electron chi connectivity index (χ3n) is 3.44. The van der Waals surface area contributed by atoms with Crippen LogP contribution in [-0.4, -0.2) is 38.2 Å². The summed E-state index contributed by atoms with van der Waals surface area (Å²) in [5.41, 5.74) is -0.545. The molecule has 7 nitrogen and oxygen atoms in total. The van der Waals surface area contributed by atoms with Crippen LogP contribution in [-0.2, 0) is 26.0 Å². The highest BCUT2D eigenvalue weighted by atomic mass is 32.2. The predicted molar refractivity (Wildman–Crippen MR) is 76.5 cm³/mol. The highest BCUT2D eigenvalue weighted by Crippen LogP contribution is 2.25. The minimum atomic E-state index is -3.89. The SMILES string of the molecule is N#CCc1cccc(S(=O)(=O)NC2(CC(=O)O)CCOC2)c1. The second-order valence-electron chi connectivity index (χ2n) is 5.24. The van der Waals surface area contributed by atoms with Crippen molar-refractivity contribution in [3.05, 3.63) is 29.8 Å². The summed E-state index contributed by atoms with van der Waals surface area (Å²) < 4.78 is 32.6. The number of carboxylic acid groups (broad SMARTS) is 1. The van der Waals surface area contributed by atoms with E-state index in [1.165, 1.54) is 12.1 Å². The number of hydrogen-bond donors (Lipinski definition) is 2. The van der Waals surface area contributed by atoms with E-state index in [9.17, 15) is 13.2 Å². The van der Waals surface area contributed by atoms with Crippen LogP contribution in [0.5, 0.6) is 0 Å². The normalized spacial score (nSPS) is 21.4. The standard InChI is InChI=1S/C14H16N2O5S/c15-6-4-11-2-1-3-12(8-11)22(19,20)16-14(9-13(17)18)5-7-21-10-14/h1-3,8,16H,4-5,7,9-10H2,(H,17,18). The molecule has 22 heavy (non-hydrogen) atoms. The molecule has 0 aromatic heterocycles. The number of ether oxygens (including phenoxy) is 1. The summed E-state index contributed by atoms with van der Waals surface area (Å²) in [5, 5.41) is 17.7. The van der Waals surface area contributed by atoms with Crippen molar-refractivity contribution >= 4 is 16.0 Å². The van der Waals surface area contributed by atoms with Crippen LogP contribution in [0.25, 0.3) is 0 Å². The minimum Gasteiger partial charge on any atom is -0.481 e. The van der Waals surface area contributed by atoms with Gasteiger partial charge in [-0.25, -0.2) is 13.1 Å². The molecule has 2 N–H and O–H groups in total. The summed E-state index contributed by atoms with van der Waals surface area (Å²) in [5.74, 6) is -1.09. The second-order valence-corrected chi connectivity index (χ2v) is 6.92. The summed E-state index contributed by atoms with van der Waals surface area (Å²) in [6.45, 7) is 0.334. The zero-order chi connectivity index (χ0) is 16.2. The number of carbonyl (C=O) groups is 1. The Morgan fingerprint density at radius 3 is 2.86 bits per heavy atom. The molecular formula is C14H16N2O5S. The van der Waals surface area contributed by atoms with Crippen LogP contribution in [0.4, 0.5) is 0 Å². The molecule has 1 unspecified atom stereocenters. The van der Waals surface area contributed by atoms with Gasteiger partial charge in [0.25, 0.3) is 0 Å². The fourth-order valence-electron chi connectivity index (χ4n) is 2.41. The van der Waals surface area contributed by atoms with Crippen molar-refractivity contribution in [3.63, 3.8) is 0 Å². The number of aliphatic carboxylic acids is 1. The molecular weight excluding hydrogens is 308 g/mol. The number of benzene rings is 1. The largest absolute Gasteiger partial charge is 0.481 e. The minimum absolute atomic E-state index is 0.0110. The van der Waals surface area contributed by atoms with Crippen LogP contribution in [0, 0.1) is 11.3 Å². The second kappa shape index (κ2) is 6.44. The van der Waals surface area contributed by atoms with Crippen molar-refractivity contribution < 1.29 is 23.1 Å². The van der Waals surface area contributed by atoms with Crippen molar-refractivity contribution in [2.75, 3.05) is 13.2 Å². The fraction of sp³-hybridized carbons (Fsp3) is 0.429. The Morgan fingerprint density at radius 1 is 1.50 bits per heavy atom. The van der Waals surface area contributed by atoms with Gasteiger partial charge in [-0.3, -0.25) is 4.79 Å². The van der Waals surface area contributed by atoms with Crippen LogP contribution in [0.3, 0.4) is 0 Å². The first-order valence-electron chi connectivity index (χ1n) is 6.66. The van der Waals surface area contributed by atoms with Gasteiger partial charge >= 0.3 is 5.97 Å². The lowest BCUT2D eigenvalue weighted by molar-refractivity contribution is -0.138. The van der Waals surface area contributed by atoms with E-state index in [0.717, 1.165) is 0 Å². The molecule has 1 aliphatic rings. The fourth-order valence-corrected chi connectivity index (χ4v) is 3.90. The molecule has 1 aliphatic heterocycles. The van der Waals surface area contributed by atoms with E-state index in [1.807, 2.05) is 6.07 Å². The maximum Gasteiger partial charge on any atom is 0.305 e. The first-order chi connectivity index (χ1) is 10.4. The van der Waals surface area contributed by atoms with Crippen LogP contribution in [0.1, 0.15) is 18.4 Å². The summed E-state index contributed by atoms with van der Waals surface area (Å²) in [6, 6.07) is 7.99. The Kier molecular flexibility index (Phi) is 4.81. The highest BCUT2D eigenvalue weighted by molar-refractivity contribution is 7.89. The average Bonchev–Trinajstić information content (AvgIpc) is 2.86. The van der Waals surface area contributed by atoms with Crippen molar-refractivity contribution in [1.29, 1.82) is 5.26 Å². The van der Waals surface area contributed by atoms with Gasteiger partial charge in [0.1, 0.15) is 0 Å². The lowest BCUT2D eigenvalue weighted by Crippen LogP contribution is -2.50. The quantitative estimate of drug-likeness (QED) is 0.794. The molecule has 0 saturated carbocycles. The third kappa shape index (κ3) is 3.82. The molecule has 0 aliphatic carbocycles. The van der Waals surface area contributed by atoms with Gasteiger partial charge in [-0.2, -0.15) is 5.26 Å². The number of nitrogens with zero attached hydrogens (tertiary/aromatic N) is 1. The molecule has 1 saturated heterocycles. The van der Waals surface area contributed by atoms with Crippen LogP contribution in [0.15, 0.2) is 29.2 Å². The van der Waals surface area contributed by atoms with Gasteiger partial charge in [0.2, 0.25) is 10.0 Å². The monoisotopic (exact) mass is 324 g/mol. The van der Waals surface area contributed by atoms with Crippen molar-refractivity contribution in [3.8, 4) is 6.07 Å². The lowest BCUT2D eigenvalue weighted by atomic mass is 9.96. The summed E-state index contributed by atoms with van der Waals surface area (Å²) >= 11 is 0. The van der Waals surface area contributed by atoms with Crippen LogP contribution < -0.4 is 4.72 Å². The van der Waals surface area contributed by atoms with Crippen molar-refractivity contribution in [2.24, 2.45) is 0 Å². The molecule has 0 radical (unpaired) electrons. The van der Waals surface area contributed by atoms with E-state index >= 15 is 0 Å². The smallest absolute Gasteiger partial charge is 0.305 e. The van der Waals surface area contributed by atoms with Gasteiger partial charge in [-0.05, 0) is 24.1 Å². The Labute approximate surface area is 128 Å². The van der Waals surface area contributed by atoms with Crippen molar-refractivity contribution in [1.82, 2.24) is 4.72 Å². The molecule has 1 aromatic carbocycles. The maximum absolute atomic E-state index is 12.5. The molecule has 1 aromatic rings. The van der Waals surface area contributed by atoms with Gasteiger partial charge in [-0.15, -0.1) is 0 Å². The predicted octanol–water partition coefficient (Wildman–Crippen LogP) is 0.665. The first kappa shape index (κ1) is 16.4. The van der Waals surface area contributed by atoms with Crippen LogP contribution >= 0.6 is 0 Å². The van der Waals surface area contributed by atoms with Gasteiger partial charge < -0.3 is 9.84 Å². The van der Waals surface area contributed by atoms with Crippen LogP contribution in [0.2, 0.25) is 0 Å². The molecule has 0 spiro atoms. The molecule has 0 bridgehead atoms. The molecule has 1 heterocycles. The van der Waals surface area contributed by atoms with E-state index in [-0.39, 0.29) is 24.3 Å². The molecule has 118 valence electrons. The molecule has 1 fully saturated rings. The number of carboxylic acids is 1. The van der Waals surface area contributed by atoms with Gasteiger partial charge in [0.05, 0.1) is 36.0 Å². The van der Waals surface area contributed by atoms with Gasteiger partial charge in [-0.1, -0.05) is 12.1 Å². The number of nitriles is 1. The topological polar surface area (TPSA) is 116 Å². The van der Waals surface area contributed by atoms with E-state index in [4.69, 9.17) is 15.1 Å². The van der Waals surface area contributed by atoms with E-state index in [0.29, 0.717) is 18.6 Å². The molecule has 2 rings (SSSR count). The number of rotatable bonds is 6.